The second-order valence-corrected chi connectivity index (χ2v) is 7.37. The predicted octanol–water partition coefficient (Wildman–Crippen LogP) is 3.81. The zero-order chi connectivity index (χ0) is 19.8. The Bertz CT molecular complexity index is 1130. The normalized spacial score (nSPS) is 19.7. The first-order valence-corrected chi connectivity index (χ1v) is 9.67. The van der Waals surface area contributed by atoms with E-state index in [1.165, 1.54) is 12.1 Å². The molecule has 4 aromatic rings. The van der Waals surface area contributed by atoms with Crippen LogP contribution in [0.4, 0.5) is 10.2 Å². The third-order valence-electron chi connectivity index (χ3n) is 5.55. The number of nitrogens with one attached hydrogen (secondary N) is 1. The van der Waals surface area contributed by atoms with Gasteiger partial charge in [-0.3, -0.25) is 4.90 Å². The molecule has 2 atom stereocenters. The molecular formula is C22H21FN6. The first kappa shape index (κ1) is 17.8. The molecule has 0 bridgehead atoms. The minimum atomic E-state index is -0.218. The van der Waals surface area contributed by atoms with Gasteiger partial charge in [0.05, 0.1) is 23.3 Å². The van der Waals surface area contributed by atoms with Crippen LogP contribution < -0.4 is 5.32 Å². The van der Waals surface area contributed by atoms with E-state index in [4.69, 9.17) is 0 Å². The summed E-state index contributed by atoms with van der Waals surface area (Å²) in [7, 11) is 2.10. The summed E-state index contributed by atoms with van der Waals surface area (Å²) in [6.07, 6.45) is 4.34. The van der Waals surface area contributed by atoms with Crippen LogP contribution >= 0.6 is 0 Å². The van der Waals surface area contributed by atoms with E-state index in [0.717, 1.165) is 41.1 Å². The van der Waals surface area contributed by atoms with E-state index >= 15 is 0 Å². The zero-order valence-electron chi connectivity index (χ0n) is 16.0. The summed E-state index contributed by atoms with van der Waals surface area (Å²) in [6.45, 7) is 0.956. The van der Waals surface area contributed by atoms with Gasteiger partial charge in [0, 0.05) is 12.6 Å². The molecule has 1 fully saturated rings. The second-order valence-electron chi connectivity index (χ2n) is 7.37. The van der Waals surface area contributed by atoms with Crippen LogP contribution in [0.2, 0.25) is 0 Å². The van der Waals surface area contributed by atoms with Gasteiger partial charge < -0.3 is 5.32 Å². The minimum absolute atomic E-state index is 0.143. The molecule has 5 rings (SSSR count). The summed E-state index contributed by atoms with van der Waals surface area (Å²) in [5.41, 5.74) is 2.81. The number of nitrogens with zero attached hydrogens (tertiary/aromatic N) is 5. The minimum Gasteiger partial charge on any atom is -0.365 e. The topological polar surface area (TPSA) is 58.9 Å². The smallest absolute Gasteiger partial charge is 0.168 e. The number of hydrogen-bond acceptors (Lipinski definition) is 5. The molecule has 2 aromatic heterocycles. The molecule has 1 aliphatic heterocycles. The molecule has 7 heteroatoms. The molecule has 2 aromatic carbocycles. The molecule has 0 radical (unpaired) electrons. The summed E-state index contributed by atoms with van der Waals surface area (Å²) < 4.78 is 15.2. The fourth-order valence-electron chi connectivity index (χ4n) is 4.14. The summed E-state index contributed by atoms with van der Waals surface area (Å²) in [6, 6.07) is 17.0. The highest BCUT2D eigenvalue weighted by Gasteiger charge is 2.33. The van der Waals surface area contributed by atoms with E-state index < -0.39 is 0 Å². The number of rotatable bonds is 4. The highest BCUT2D eigenvalue weighted by atomic mass is 19.1. The Kier molecular flexibility index (Phi) is 4.44. The number of para-hydroxylation sites is 1. The van der Waals surface area contributed by atoms with Crippen molar-refractivity contribution in [3.8, 4) is 5.69 Å². The monoisotopic (exact) mass is 388 g/mol. The lowest BCUT2D eigenvalue weighted by Gasteiger charge is -2.26. The van der Waals surface area contributed by atoms with Crippen molar-refractivity contribution in [3.63, 3.8) is 0 Å². The number of hydrogen-bond donors (Lipinski definition) is 1. The van der Waals surface area contributed by atoms with E-state index in [-0.39, 0.29) is 17.9 Å². The van der Waals surface area contributed by atoms with Crippen molar-refractivity contribution in [2.75, 3.05) is 18.9 Å². The Hall–Kier alpha value is -3.32. The van der Waals surface area contributed by atoms with Crippen molar-refractivity contribution in [1.82, 2.24) is 24.6 Å². The highest BCUT2D eigenvalue weighted by molar-refractivity contribution is 5.87. The molecule has 1 N–H and O–H groups in total. The van der Waals surface area contributed by atoms with Gasteiger partial charge >= 0.3 is 0 Å². The summed E-state index contributed by atoms with van der Waals surface area (Å²) in [4.78, 5) is 11.2. The summed E-state index contributed by atoms with van der Waals surface area (Å²) in [5.74, 6) is 0.550. The van der Waals surface area contributed by atoms with Crippen LogP contribution in [0.5, 0.6) is 0 Å². The van der Waals surface area contributed by atoms with E-state index in [1.54, 1.807) is 12.5 Å². The Morgan fingerprint density at radius 2 is 1.83 bits per heavy atom. The molecule has 0 amide bonds. The number of likely N-dealkylation sites (N-methyl/N-ethyl adjacent to an activating group) is 1. The Morgan fingerprint density at radius 1 is 1.03 bits per heavy atom. The number of benzene rings is 2. The third-order valence-corrected chi connectivity index (χ3v) is 5.55. The van der Waals surface area contributed by atoms with Crippen LogP contribution in [0.1, 0.15) is 18.0 Å². The van der Waals surface area contributed by atoms with Gasteiger partial charge in [0.1, 0.15) is 18.0 Å². The molecule has 0 saturated carbocycles. The van der Waals surface area contributed by atoms with E-state index in [1.807, 2.05) is 47.1 Å². The lowest BCUT2D eigenvalue weighted by Crippen LogP contribution is -2.29. The van der Waals surface area contributed by atoms with Crippen LogP contribution in [0.15, 0.2) is 67.1 Å². The van der Waals surface area contributed by atoms with Crippen LogP contribution in [0, 0.1) is 5.82 Å². The molecule has 29 heavy (non-hydrogen) atoms. The van der Waals surface area contributed by atoms with Gasteiger partial charge in [0.15, 0.2) is 5.65 Å². The second kappa shape index (κ2) is 7.25. The zero-order valence-corrected chi connectivity index (χ0v) is 16.0. The molecule has 6 nitrogen and oxygen atoms in total. The Labute approximate surface area is 168 Å². The van der Waals surface area contributed by atoms with Gasteiger partial charge in [0.2, 0.25) is 0 Å². The molecule has 3 heterocycles. The molecule has 1 saturated heterocycles. The Morgan fingerprint density at radius 3 is 2.62 bits per heavy atom. The third kappa shape index (κ3) is 3.23. The lowest BCUT2D eigenvalue weighted by molar-refractivity contribution is 0.309. The van der Waals surface area contributed by atoms with Crippen LogP contribution in [-0.2, 0) is 0 Å². The van der Waals surface area contributed by atoms with Crippen LogP contribution in [0.25, 0.3) is 16.7 Å². The number of halogens is 1. The molecule has 0 aliphatic carbocycles. The van der Waals surface area contributed by atoms with Crippen molar-refractivity contribution < 1.29 is 4.39 Å². The number of likely N-dealkylation sites (tertiary alicyclic amines) is 1. The molecule has 1 aliphatic rings. The van der Waals surface area contributed by atoms with Crippen molar-refractivity contribution in [1.29, 1.82) is 0 Å². The summed E-state index contributed by atoms with van der Waals surface area (Å²) in [5, 5.41) is 9.01. The average Bonchev–Trinajstić information content (AvgIpc) is 3.34. The van der Waals surface area contributed by atoms with Crippen molar-refractivity contribution in [2.24, 2.45) is 0 Å². The molecule has 0 spiro atoms. The first-order valence-electron chi connectivity index (χ1n) is 9.67. The lowest BCUT2D eigenvalue weighted by atomic mass is 10.00. The average molecular weight is 388 g/mol. The first-order chi connectivity index (χ1) is 14.2. The quantitative estimate of drug-likeness (QED) is 0.576. The van der Waals surface area contributed by atoms with Crippen molar-refractivity contribution in [3.05, 3.63) is 78.5 Å². The van der Waals surface area contributed by atoms with E-state index in [2.05, 4.69) is 32.3 Å². The fourth-order valence-corrected chi connectivity index (χ4v) is 4.14. The van der Waals surface area contributed by atoms with Gasteiger partial charge in [-0.25, -0.2) is 19.0 Å². The van der Waals surface area contributed by atoms with E-state index in [9.17, 15) is 4.39 Å². The van der Waals surface area contributed by atoms with Gasteiger partial charge in [-0.1, -0.05) is 30.3 Å². The number of anilines is 1. The van der Waals surface area contributed by atoms with Crippen LogP contribution in [0.3, 0.4) is 0 Å². The van der Waals surface area contributed by atoms with Gasteiger partial charge in [0.25, 0.3) is 0 Å². The van der Waals surface area contributed by atoms with Gasteiger partial charge in [-0.05, 0) is 43.3 Å². The maximum atomic E-state index is 13.4. The largest absolute Gasteiger partial charge is 0.365 e. The standard InChI is InChI=1S/C22H21FN6/c1-28-12-11-19(20(28)15-7-9-16(23)10-8-15)27-21-18-13-26-29(22(18)25-14-24-21)17-5-3-2-4-6-17/h2-10,13-14,19-20H,11-12H2,1H3,(H,24,25,27)/t19-,20-/m1/s1. The number of fused-ring (bicyclic) bond motifs is 1. The van der Waals surface area contributed by atoms with Gasteiger partial charge in [-0.15, -0.1) is 0 Å². The maximum absolute atomic E-state index is 13.4. The van der Waals surface area contributed by atoms with E-state index in [0.29, 0.717) is 0 Å². The fraction of sp³-hybridized carbons (Fsp3) is 0.227. The maximum Gasteiger partial charge on any atom is 0.168 e. The van der Waals surface area contributed by atoms with Crippen LogP contribution in [-0.4, -0.2) is 44.3 Å². The van der Waals surface area contributed by atoms with Crippen molar-refractivity contribution >= 4 is 16.9 Å². The van der Waals surface area contributed by atoms with Crippen molar-refractivity contribution in [2.45, 2.75) is 18.5 Å². The molecular weight excluding hydrogens is 367 g/mol. The SMILES string of the molecule is CN1CC[C@@H](Nc2ncnc3c2cnn3-c2ccccc2)[C@H]1c1ccc(F)cc1. The molecule has 0 unspecified atom stereocenters. The molecule has 146 valence electrons. The Balaban J connectivity index is 1.48. The predicted molar refractivity (Wildman–Crippen MR) is 110 cm³/mol. The van der Waals surface area contributed by atoms with Gasteiger partial charge in [-0.2, -0.15) is 5.10 Å². The highest BCUT2D eigenvalue weighted by Crippen LogP contribution is 2.34. The number of aromatic nitrogens is 4. The summed E-state index contributed by atoms with van der Waals surface area (Å²) >= 11 is 0.